The summed E-state index contributed by atoms with van der Waals surface area (Å²) in [6.45, 7) is 2.95. The summed E-state index contributed by atoms with van der Waals surface area (Å²) in [6.07, 6.45) is 2.17. The van der Waals surface area contributed by atoms with Crippen LogP contribution in [0.25, 0.3) is 0 Å². The van der Waals surface area contributed by atoms with Crippen LogP contribution in [0.2, 0.25) is 0 Å². The number of nitro groups is 1. The van der Waals surface area contributed by atoms with E-state index in [9.17, 15) is 15.2 Å². The Kier molecular flexibility index (Phi) is 2.35. The SMILES string of the molecule is Cc1ccc([N+](=O)[O-])c(N2CC(O)(C3CC3)C2)c1. The van der Waals surface area contributed by atoms with Crippen molar-refractivity contribution in [2.24, 2.45) is 5.92 Å². The molecule has 0 radical (unpaired) electrons. The second-order valence-corrected chi connectivity index (χ2v) is 5.48. The summed E-state index contributed by atoms with van der Waals surface area (Å²) in [4.78, 5) is 12.5. The molecule has 1 aromatic rings. The number of β-amino-alcohol motifs (C(OH)–C–C–N with tert-alkyl or cyclic N) is 1. The molecule has 1 aromatic carbocycles. The van der Waals surface area contributed by atoms with E-state index in [4.69, 9.17) is 0 Å². The molecule has 96 valence electrons. The molecule has 2 fully saturated rings. The Morgan fingerprint density at radius 2 is 2.11 bits per heavy atom. The van der Waals surface area contributed by atoms with E-state index in [-0.39, 0.29) is 10.6 Å². The van der Waals surface area contributed by atoms with E-state index in [1.807, 2.05) is 17.9 Å². The number of rotatable bonds is 3. The lowest BCUT2D eigenvalue weighted by Gasteiger charge is -2.48. The molecule has 0 amide bonds. The number of aryl methyl sites for hydroxylation is 1. The smallest absolute Gasteiger partial charge is 0.292 e. The van der Waals surface area contributed by atoms with Gasteiger partial charge in [-0.2, -0.15) is 0 Å². The molecular formula is C13H16N2O3. The molecule has 18 heavy (non-hydrogen) atoms. The summed E-state index contributed by atoms with van der Waals surface area (Å²) in [5, 5.41) is 21.3. The number of nitro benzene ring substituents is 1. The molecule has 1 aliphatic carbocycles. The van der Waals surface area contributed by atoms with E-state index in [1.165, 1.54) is 0 Å². The highest BCUT2D eigenvalue weighted by molar-refractivity contribution is 5.66. The number of nitrogens with zero attached hydrogens (tertiary/aromatic N) is 2. The zero-order chi connectivity index (χ0) is 12.9. The minimum atomic E-state index is -0.613. The van der Waals surface area contributed by atoms with Crippen molar-refractivity contribution in [2.45, 2.75) is 25.4 Å². The molecule has 0 unspecified atom stereocenters. The standard InChI is InChI=1S/C13H16N2O3/c1-9-2-5-11(15(17)18)12(6-9)14-7-13(16,8-14)10-3-4-10/h2,5-6,10,16H,3-4,7-8H2,1H3. The Morgan fingerprint density at radius 1 is 1.44 bits per heavy atom. The van der Waals surface area contributed by atoms with Crippen molar-refractivity contribution in [3.63, 3.8) is 0 Å². The summed E-state index contributed by atoms with van der Waals surface area (Å²) in [5.41, 5.74) is 1.14. The van der Waals surface area contributed by atoms with E-state index >= 15 is 0 Å². The molecule has 0 aromatic heterocycles. The van der Waals surface area contributed by atoms with Gasteiger partial charge >= 0.3 is 0 Å². The molecule has 1 heterocycles. The highest BCUT2D eigenvalue weighted by atomic mass is 16.6. The van der Waals surface area contributed by atoms with E-state index in [1.54, 1.807) is 12.1 Å². The maximum atomic E-state index is 11.0. The van der Waals surface area contributed by atoms with E-state index < -0.39 is 5.60 Å². The normalized spacial score (nSPS) is 21.6. The summed E-state index contributed by atoms with van der Waals surface area (Å²) in [7, 11) is 0. The maximum Gasteiger partial charge on any atom is 0.292 e. The van der Waals surface area contributed by atoms with Gasteiger partial charge in [-0.05, 0) is 37.3 Å². The number of benzene rings is 1. The average Bonchev–Trinajstić information content (AvgIpc) is 3.08. The van der Waals surface area contributed by atoms with Crippen LogP contribution in [0.3, 0.4) is 0 Å². The quantitative estimate of drug-likeness (QED) is 0.655. The third kappa shape index (κ3) is 1.75. The van der Waals surface area contributed by atoms with Crippen molar-refractivity contribution in [3.05, 3.63) is 33.9 Å². The Bertz CT molecular complexity index is 505. The molecule has 1 saturated carbocycles. The topological polar surface area (TPSA) is 66.6 Å². The summed E-state index contributed by atoms with van der Waals surface area (Å²) >= 11 is 0. The molecule has 1 saturated heterocycles. The zero-order valence-electron chi connectivity index (χ0n) is 10.3. The second kappa shape index (κ2) is 3.68. The third-order valence-corrected chi connectivity index (χ3v) is 3.93. The summed E-state index contributed by atoms with van der Waals surface area (Å²) < 4.78 is 0. The summed E-state index contributed by atoms with van der Waals surface area (Å²) in [6, 6.07) is 5.11. The largest absolute Gasteiger partial charge is 0.386 e. The van der Waals surface area contributed by atoms with Crippen molar-refractivity contribution in [1.29, 1.82) is 0 Å². The van der Waals surface area contributed by atoms with Crippen LogP contribution in [0.1, 0.15) is 18.4 Å². The van der Waals surface area contributed by atoms with E-state index in [2.05, 4.69) is 0 Å². The van der Waals surface area contributed by atoms with Gasteiger partial charge in [0.1, 0.15) is 11.3 Å². The monoisotopic (exact) mass is 248 g/mol. The summed E-state index contributed by atoms with van der Waals surface area (Å²) in [5.74, 6) is 0.401. The van der Waals surface area contributed by atoms with E-state index in [0.29, 0.717) is 24.7 Å². The molecular weight excluding hydrogens is 232 g/mol. The Morgan fingerprint density at radius 3 is 2.67 bits per heavy atom. The first kappa shape index (κ1) is 11.5. The van der Waals surface area contributed by atoms with Gasteiger partial charge in [-0.3, -0.25) is 10.1 Å². The first-order chi connectivity index (χ1) is 8.49. The third-order valence-electron chi connectivity index (χ3n) is 3.93. The molecule has 1 N–H and O–H groups in total. The lowest BCUT2D eigenvalue weighted by molar-refractivity contribution is -0.384. The van der Waals surface area contributed by atoms with E-state index in [0.717, 1.165) is 18.4 Å². The van der Waals surface area contributed by atoms with Crippen LogP contribution in [0.5, 0.6) is 0 Å². The van der Waals surface area contributed by atoms with Gasteiger partial charge in [-0.1, -0.05) is 6.07 Å². The predicted octanol–water partition coefficient (Wildman–Crippen LogP) is 1.86. The number of aliphatic hydroxyl groups is 1. The van der Waals surface area contributed by atoms with Gasteiger partial charge < -0.3 is 10.0 Å². The minimum Gasteiger partial charge on any atom is -0.386 e. The van der Waals surface area contributed by atoms with Crippen molar-refractivity contribution in [1.82, 2.24) is 0 Å². The second-order valence-electron chi connectivity index (χ2n) is 5.48. The van der Waals surface area contributed by atoms with Crippen molar-refractivity contribution >= 4 is 11.4 Å². The highest BCUT2D eigenvalue weighted by Gasteiger charge is 2.52. The molecule has 2 aliphatic rings. The molecule has 0 spiro atoms. The van der Waals surface area contributed by atoms with Gasteiger partial charge in [0, 0.05) is 19.2 Å². The highest BCUT2D eigenvalue weighted by Crippen LogP contribution is 2.47. The van der Waals surface area contributed by atoms with Crippen molar-refractivity contribution in [2.75, 3.05) is 18.0 Å². The Balaban J connectivity index is 1.84. The van der Waals surface area contributed by atoms with Crippen LogP contribution >= 0.6 is 0 Å². The fourth-order valence-electron chi connectivity index (χ4n) is 2.71. The van der Waals surface area contributed by atoms with Crippen LogP contribution in [-0.2, 0) is 0 Å². The van der Waals surface area contributed by atoms with Crippen LogP contribution in [-0.4, -0.2) is 28.7 Å². The fraction of sp³-hybridized carbons (Fsp3) is 0.538. The first-order valence-electron chi connectivity index (χ1n) is 6.22. The maximum absolute atomic E-state index is 11.0. The lowest BCUT2D eigenvalue weighted by atomic mass is 9.88. The van der Waals surface area contributed by atoms with Crippen LogP contribution < -0.4 is 4.90 Å². The van der Waals surface area contributed by atoms with Gasteiger partial charge in [0.25, 0.3) is 5.69 Å². The van der Waals surface area contributed by atoms with Gasteiger partial charge in [-0.15, -0.1) is 0 Å². The van der Waals surface area contributed by atoms with Crippen LogP contribution in [0.4, 0.5) is 11.4 Å². The molecule has 0 atom stereocenters. The number of hydrogen-bond acceptors (Lipinski definition) is 4. The molecule has 5 nitrogen and oxygen atoms in total. The Labute approximate surface area is 105 Å². The average molecular weight is 248 g/mol. The van der Waals surface area contributed by atoms with Gasteiger partial charge in [0.15, 0.2) is 0 Å². The molecule has 3 rings (SSSR count). The number of hydrogen-bond donors (Lipinski definition) is 1. The predicted molar refractivity (Wildman–Crippen MR) is 67.7 cm³/mol. The number of anilines is 1. The van der Waals surface area contributed by atoms with Crippen molar-refractivity contribution < 1.29 is 10.0 Å². The van der Waals surface area contributed by atoms with Gasteiger partial charge in [-0.25, -0.2) is 0 Å². The Hall–Kier alpha value is -1.62. The molecule has 1 aliphatic heterocycles. The van der Waals surface area contributed by atoms with Crippen molar-refractivity contribution in [3.8, 4) is 0 Å². The van der Waals surface area contributed by atoms with Gasteiger partial charge in [0.05, 0.1) is 4.92 Å². The molecule has 0 bridgehead atoms. The lowest BCUT2D eigenvalue weighted by Crippen LogP contribution is -2.63. The zero-order valence-corrected chi connectivity index (χ0v) is 10.3. The van der Waals surface area contributed by atoms with Crippen LogP contribution in [0.15, 0.2) is 18.2 Å². The fourth-order valence-corrected chi connectivity index (χ4v) is 2.71. The van der Waals surface area contributed by atoms with Crippen LogP contribution in [0, 0.1) is 23.0 Å². The minimum absolute atomic E-state index is 0.124. The first-order valence-corrected chi connectivity index (χ1v) is 6.22. The van der Waals surface area contributed by atoms with Gasteiger partial charge in [0.2, 0.25) is 0 Å². The molecule has 5 heteroatoms.